The molecule has 2 aromatic rings. The summed E-state index contributed by atoms with van der Waals surface area (Å²) < 4.78 is 0. The molecule has 2 N–H and O–H groups in total. The van der Waals surface area contributed by atoms with Gasteiger partial charge in [0.05, 0.1) is 0 Å². The zero-order chi connectivity index (χ0) is 16.4. The topological polar surface area (TPSA) is 52.6 Å². The van der Waals surface area contributed by atoms with Crippen LogP contribution in [0.4, 0.5) is 5.69 Å². The van der Waals surface area contributed by atoms with Gasteiger partial charge in [0, 0.05) is 29.9 Å². The minimum atomic E-state index is -0.799. The summed E-state index contributed by atoms with van der Waals surface area (Å²) in [4.78, 5) is 13.8. The summed E-state index contributed by atoms with van der Waals surface area (Å²) in [7, 11) is 1.80. The number of carbonyl (C=O) groups is 1. The third-order valence-electron chi connectivity index (χ3n) is 4.18. The van der Waals surface area contributed by atoms with Gasteiger partial charge < -0.3 is 15.3 Å². The SMILES string of the molecule is CN1CCC(Nc2ccc(Cl)cc2C(O)c2ccccc2)C1=O. The molecule has 0 radical (unpaired) electrons. The lowest BCUT2D eigenvalue weighted by atomic mass is 9.99. The highest BCUT2D eigenvalue weighted by Crippen LogP contribution is 2.32. The van der Waals surface area contributed by atoms with Gasteiger partial charge in [-0.2, -0.15) is 0 Å². The van der Waals surface area contributed by atoms with Crippen LogP contribution in [0.15, 0.2) is 48.5 Å². The third-order valence-corrected chi connectivity index (χ3v) is 4.42. The Labute approximate surface area is 140 Å². The van der Waals surface area contributed by atoms with E-state index in [1.165, 1.54) is 0 Å². The van der Waals surface area contributed by atoms with Crippen molar-refractivity contribution in [2.75, 3.05) is 18.9 Å². The van der Waals surface area contributed by atoms with Gasteiger partial charge in [0.25, 0.3) is 0 Å². The predicted octanol–water partition coefficient (Wildman–Crippen LogP) is 3.06. The standard InChI is InChI=1S/C18H19ClN2O2/c1-21-10-9-16(18(21)23)20-15-8-7-13(19)11-14(15)17(22)12-5-3-2-4-6-12/h2-8,11,16-17,20,22H,9-10H2,1H3. The normalized spacial score (nSPS) is 19.0. The number of carbonyl (C=O) groups excluding carboxylic acids is 1. The van der Waals surface area contributed by atoms with Crippen LogP contribution in [-0.2, 0) is 4.79 Å². The lowest BCUT2D eigenvalue weighted by Crippen LogP contribution is -2.31. The number of halogens is 1. The molecule has 2 atom stereocenters. The zero-order valence-corrected chi connectivity index (χ0v) is 13.6. The first-order chi connectivity index (χ1) is 11.1. The quantitative estimate of drug-likeness (QED) is 0.906. The highest BCUT2D eigenvalue weighted by molar-refractivity contribution is 6.30. The Hall–Kier alpha value is -2.04. The first-order valence-electron chi connectivity index (χ1n) is 7.60. The van der Waals surface area contributed by atoms with E-state index in [0.29, 0.717) is 10.6 Å². The van der Waals surface area contributed by atoms with Crippen molar-refractivity contribution in [2.45, 2.75) is 18.6 Å². The number of amides is 1. The number of anilines is 1. The minimum Gasteiger partial charge on any atom is -0.384 e. The van der Waals surface area contributed by atoms with Crippen molar-refractivity contribution >= 4 is 23.2 Å². The summed E-state index contributed by atoms with van der Waals surface area (Å²) >= 11 is 6.10. The number of aliphatic hydroxyl groups is 1. The lowest BCUT2D eigenvalue weighted by Gasteiger charge is -2.20. The number of aliphatic hydroxyl groups excluding tert-OH is 1. The highest BCUT2D eigenvalue weighted by atomic mass is 35.5. The molecule has 1 aliphatic rings. The summed E-state index contributed by atoms with van der Waals surface area (Å²) in [5.41, 5.74) is 2.19. The Morgan fingerprint density at radius 2 is 2.00 bits per heavy atom. The van der Waals surface area contributed by atoms with Crippen LogP contribution in [-0.4, -0.2) is 35.5 Å². The van der Waals surface area contributed by atoms with E-state index in [-0.39, 0.29) is 11.9 Å². The van der Waals surface area contributed by atoms with Crippen LogP contribution >= 0.6 is 11.6 Å². The molecule has 0 aliphatic carbocycles. The second kappa shape index (κ2) is 6.60. The molecule has 120 valence electrons. The summed E-state index contributed by atoms with van der Waals surface area (Å²) in [5, 5.41) is 14.5. The Morgan fingerprint density at radius 1 is 1.26 bits per heavy atom. The molecule has 4 nitrogen and oxygen atoms in total. The molecule has 1 aliphatic heterocycles. The van der Waals surface area contributed by atoms with Crippen molar-refractivity contribution in [3.63, 3.8) is 0 Å². The van der Waals surface area contributed by atoms with Gasteiger partial charge >= 0.3 is 0 Å². The van der Waals surface area contributed by atoms with Gasteiger partial charge in [0.15, 0.2) is 0 Å². The van der Waals surface area contributed by atoms with Crippen molar-refractivity contribution in [1.82, 2.24) is 4.90 Å². The Balaban J connectivity index is 1.91. The van der Waals surface area contributed by atoms with Gasteiger partial charge in [-0.3, -0.25) is 4.79 Å². The number of rotatable bonds is 4. The molecule has 0 bridgehead atoms. The average Bonchev–Trinajstić information content (AvgIpc) is 2.88. The van der Waals surface area contributed by atoms with Crippen LogP contribution in [0.25, 0.3) is 0 Å². The molecule has 1 heterocycles. The summed E-state index contributed by atoms with van der Waals surface area (Å²) in [6, 6.07) is 14.4. The lowest BCUT2D eigenvalue weighted by molar-refractivity contribution is -0.127. The maximum Gasteiger partial charge on any atom is 0.244 e. The van der Waals surface area contributed by atoms with E-state index >= 15 is 0 Å². The Morgan fingerprint density at radius 3 is 2.65 bits per heavy atom. The molecular formula is C18H19ClN2O2. The first-order valence-corrected chi connectivity index (χ1v) is 7.98. The van der Waals surface area contributed by atoms with Crippen LogP contribution < -0.4 is 5.32 Å². The molecule has 2 unspecified atom stereocenters. The van der Waals surface area contributed by atoms with E-state index in [9.17, 15) is 9.90 Å². The van der Waals surface area contributed by atoms with Crippen LogP contribution in [0.3, 0.4) is 0 Å². The fourth-order valence-corrected chi connectivity index (χ4v) is 3.03. The smallest absolute Gasteiger partial charge is 0.244 e. The number of likely N-dealkylation sites (N-methyl/N-ethyl adjacent to an activating group) is 1. The second-order valence-electron chi connectivity index (χ2n) is 5.79. The molecule has 1 amide bonds. The molecule has 1 fully saturated rings. The number of nitrogens with zero attached hydrogens (tertiary/aromatic N) is 1. The Kier molecular flexibility index (Phi) is 4.55. The number of benzene rings is 2. The number of likely N-dealkylation sites (tertiary alicyclic amines) is 1. The van der Waals surface area contributed by atoms with Crippen molar-refractivity contribution in [2.24, 2.45) is 0 Å². The van der Waals surface area contributed by atoms with Gasteiger partial charge in [0.1, 0.15) is 12.1 Å². The van der Waals surface area contributed by atoms with Crippen molar-refractivity contribution in [3.8, 4) is 0 Å². The average molecular weight is 331 g/mol. The van der Waals surface area contributed by atoms with Gasteiger partial charge in [-0.05, 0) is 30.2 Å². The van der Waals surface area contributed by atoms with E-state index in [4.69, 9.17) is 11.6 Å². The molecule has 5 heteroatoms. The Bertz CT molecular complexity index is 705. The summed E-state index contributed by atoms with van der Waals surface area (Å²) in [6.45, 7) is 0.737. The monoisotopic (exact) mass is 330 g/mol. The van der Waals surface area contributed by atoms with Crippen LogP contribution in [0, 0.1) is 0 Å². The van der Waals surface area contributed by atoms with Gasteiger partial charge in [0.2, 0.25) is 5.91 Å². The van der Waals surface area contributed by atoms with Crippen LogP contribution in [0.5, 0.6) is 0 Å². The molecule has 0 spiro atoms. The summed E-state index contributed by atoms with van der Waals surface area (Å²) in [5.74, 6) is 0.0695. The fourth-order valence-electron chi connectivity index (χ4n) is 2.85. The van der Waals surface area contributed by atoms with Gasteiger partial charge in [-0.1, -0.05) is 41.9 Å². The van der Waals surface area contributed by atoms with E-state index in [0.717, 1.165) is 24.2 Å². The fraction of sp³-hybridized carbons (Fsp3) is 0.278. The number of nitrogens with one attached hydrogen (secondary N) is 1. The maximum atomic E-state index is 12.1. The molecule has 23 heavy (non-hydrogen) atoms. The molecule has 0 aromatic heterocycles. The van der Waals surface area contributed by atoms with Crippen molar-refractivity contribution in [3.05, 3.63) is 64.7 Å². The van der Waals surface area contributed by atoms with Crippen LogP contribution in [0.1, 0.15) is 23.7 Å². The molecule has 3 rings (SSSR count). The predicted molar refractivity (Wildman–Crippen MR) is 91.6 cm³/mol. The highest BCUT2D eigenvalue weighted by Gasteiger charge is 2.29. The second-order valence-corrected chi connectivity index (χ2v) is 6.23. The van der Waals surface area contributed by atoms with Crippen LogP contribution in [0.2, 0.25) is 5.02 Å². The third kappa shape index (κ3) is 3.33. The largest absolute Gasteiger partial charge is 0.384 e. The number of hydrogen-bond donors (Lipinski definition) is 2. The first kappa shape index (κ1) is 15.8. The van der Waals surface area contributed by atoms with E-state index in [1.807, 2.05) is 36.4 Å². The zero-order valence-electron chi connectivity index (χ0n) is 12.9. The molecule has 2 aromatic carbocycles. The minimum absolute atomic E-state index is 0.0695. The molecule has 1 saturated heterocycles. The van der Waals surface area contributed by atoms with Gasteiger partial charge in [-0.25, -0.2) is 0 Å². The van der Waals surface area contributed by atoms with Crippen molar-refractivity contribution in [1.29, 1.82) is 0 Å². The molecule has 0 saturated carbocycles. The molecular weight excluding hydrogens is 312 g/mol. The van der Waals surface area contributed by atoms with Crippen molar-refractivity contribution < 1.29 is 9.90 Å². The van der Waals surface area contributed by atoms with E-state index in [2.05, 4.69) is 5.32 Å². The number of hydrogen-bond acceptors (Lipinski definition) is 3. The van der Waals surface area contributed by atoms with E-state index in [1.54, 1.807) is 24.1 Å². The van der Waals surface area contributed by atoms with Gasteiger partial charge in [-0.15, -0.1) is 0 Å². The summed E-state index contributed by atoms with van der Waals surface area (Å²) in [6.07, 6.45) is -0.0506. The maximum absolute atomic E-state index is 12.1. The van der Waals surface area contributed by atoms with E-state index < -0.39 is 6.10 Å².